The van der Waals surface area contributed by atoms with Crippen LogP contribution >= 0.6 is 0 Å². The van der Waals surface area contributed by atoms with Crippen molar-refractivity contribution in [2.45, 2.75) is 32.9 Å². The average molecular weight is 443 g/mol. The Morgan fingerprint density at radius 1 is 1.03 bits per heavy atom. The van der Waals surface area contributed by atoms with Crippen LogP contribution in [0.2, 0.25) is 0 Å². The van der Waals surface area contributed by atoms with Crippen LogP contribution in [0.5, 0.6) is 0 Å². The Kier molecular flexibility index (Phi) is 6.84. The Labute approximate surface area is 195 Å². The number of nitrogens with one attached hydrogen (secondary N) is 2. The number of carbonyl (C=O) groups is 2. The van der Waals surface area contributed by atoms with Crippen LogP contribution in [-0.4, -0.2) is 47.9 Å². The van der Waals surface area contributed by atoms with Crippen molar-refractivity contribution in [3.05, 3.63) is 88.7 Å². The predicted molar refractivity (Wildman–Crippen MR) is 130 cm³/mol. The summed E-state index contributed by atoms with van der Waals surface area (Å²) in [7, 11) is 1.84. The molecule has 0 saturated carbocycles. The van der Waals surface area contributed by atoms with Crippen LogP contribution in [0.15, 0.2) is 60.8 Å². The number of carbonyl (C=O) groups excluding carboxylic acids is 2. The normalized spacial score (nSPS) is 15.3. The van der Waals surface area contributed by atoms with Gasteiger partial charge < -0.3 is 15.5 Å². The van der Waals surface area contributed by atoms with E-state index in [0.717, 1.165) is 47.5 Å². The monoisotopic (exact) mass is 442 g/mol. The minimum absolute atomic E-state index is 0.0746. The molecular weight excluding hydrogens is 412 g/mol. The molecule has 0 unspecified atom stereocenters. The summed E-state index contributed by atoms with van der Waals surface area (Å²) < 4.78 is 0. The van der Waals surface area contributed by atoms with Gasteiger partial charge in [0, 0.05) is 49.2 Å². The van der Waals surface area contributed by atoms with Gasteiger partial charge in [-0.3, -0.25) is 14.6 Å². The molecule has 2 heterocycles. The first-order valence-electron chi connectivity index (χ1n) is 11.3. The summed E-state index contributed by atoms with van der Waals surface area (Å²) in [6.45, 7) is 6.03. The van der Waals surface area contributed by atoms with Gasteiger partial charge in [0.25, 0.3) is 11.8 Å². The summed E-state index contributed by atoms with van der Waals surface area (Å²) in [5, 5.41) is 6.26. The zero-order valence-corrected chi connectivity index (χ0v) is 19.4. The van der Waals surface area contributed by atoms with Crippen molar-refractivity contribution in [2.24, 2.45) is 0 Å². The van der Waals surface area contributed by atoms with Crippen LogP contribution in [-0.2, 0) is 6.54 Å². The van der Waals surface area contributed by atoms with Crippen LogP contribution in [0, 0.1) is 13.8 Å². The molecule has 4 rings (SSSR count). The highest BCUT2D eigenvalue weighted by Crippen LogP contribution is 2.25. The molecule has 1 fully saturated rings. The molecule has 1 aliphatic heterocycles. The van der Waals surface area contributed by atoms with Crippen molar-refractivity contribution in [1.29, 1.82) is 0 Å². The van der Waals surface area contributed by atoms with E-state index < -0.39 is 0 Å². The Bertz CT molecular complexity index is 1130. The summed E-state index contributed by atoms with van der Waals surface area (Å²) in [5.74, 6) is -0.293. The third kappa shape index (κ3) is 5.46. The number of amides is 2. The van der Waals surface area contributed by atoms with E-state index in [1.165, 1.54) is 0 Å². The first-order valence-corrected chi connectivity index (χ1v) is 11.3. The fourth-order valence-electron chi connectivity index (χ4n) is 4.02. The third-order valence-electron chi connectivity index (χ3n) is 6.16. The Morgan fingerprint density at radius 3 is 2.45 bits per heavy atom. The molecular formula is C27H30N4O2. The van der Waals surface area contributed by atoms with E-state index in [4.69, 9.17) is 0 Å². The maximum absolute atomic E-state index is 13.3. The molecule has 0 radical (unpaired) electrons. The van der Waals surface area contributed by atoms with Crippen LogP contribution < -0.4 is 10.6 Å². The summed E-state index contributed by atoms with van der Waals surface area (Å²) in [6, 6.07) is 17.6. The van der Waals surface area contributed by atoms with Gasteiger partial charge in [-0.1, -0.05) is 35.9 Å². The molecule has 1 atom stereocenters. The summed E-state index contributed by atoms with van der Waals surface area (Å²) in [4.78, 5) is 32.4. The van der Waals surface area contributed by atoms with E-state index in [1.54, 1.807) is 17.2 Å². The molecule has 2 N–H and O–H groups in total. The van der Waals surface area contributed by atoms with Crippen molar-refractivity contribution in [1.82, 2.24) is 20.5 Å². The number of pyridine rings is 1. The number of hydrogen-bond acceptors (Lipinski definition) is 4. The molecule has 2 amide bonds. The Balaban J connectivity index is 1.63. The summed E-state index contributed by atoms with van der Waals surface area (Å²) in [5.41, 5.74) is 5.82. The van der Waals surface area contributed by atoms with E-state index in [1.807, 2.05) is 69.4 Å². The van der Waals surface area contributed by atoms with E-state index in [0.29, 0.717) is 17.7 Å². The lowest BCUT2D eigenvalue weighted by atomic mass is 9.97. The quantitative estimate of drug-likeness (QED) is 0.610. The lowest BCUT2D eigenvalue weighted by Crippen LogP contribution is -2.38. The Hall–Kier alpha value is -3.51. The topological polar surface area (TPSA) is 74.3 Å². The number of aryl methyl sites for hydroxylation is 2. The van der Waals surface area contributed by atoms with Crippen molar-refractivity contribution < 1.29 is 9.59 Å². The second-order valence-corrected chi connectivity index (χ2v) is 8.72. The highest BCUT2D eigenvalue weighted by Gasteiger charge is 2.25. The van der Waals surface area contributed by atoms with Crippen LogP contribution in [0.3, 0.4) is 0 Å². The Morgan fingerprint density at radius 2 is 1.79 bits per heavy atom. The van der Waals surface area contributed by atoms with Crippen molar-refractivity contribution in [2.75, 3.05) is 20.1 Å². The lowest BCUT2D eigenvalue weighted by Gasteiger charge is -2.24. The molecule has 6 nitrogen and oxygen atoms in total. The maximum Gasteiger partial charge on any atom is 0.253 e. The third-order valence-corrected chi connectivity index (χ3v) is 6.16. The van der Waals surface area contributed by atoms with Gasteiger partial charge >= 0.3 is 0 Å². The van der Waals surface area contributed by atoms with Gasteiger partial charge in [0.1, 0.15) is 0 Å². The van der Waals surface area contributed by atoms with Gasteiger partial charge in [-0.2, -0.15) is 0 Å². The van der Waals surface area contributed by atoms with E-state index in [-0.39, 0.29) is 17.9 Å². The van der Waals surface area contributed by atoms with Gasteiger partial charge in [0.15, 0.2) is 0 Å². The minimum atomic E-state index is -0.219. The largest absolute Gasteiger partial charge is 0.348 e. The molecule has 0 aliphatic carbocycles. The lowest BCUT2D eigenvalue weighted by molar-refractivity contribution is 0.0744. The van der Waals surface area contributed by atoms with E-state index in [2.05, 4.69) is 15.6 Å². The number of aromatic nitrogens is 1. The molecule has 2 aromatic carbocycles. The number of likely N-dealkylation sites (N-methyl/N-ethyl adjacent to an activating group) is 1. The van der Waals surface area contributed by atoms with Gasteiger partial charge in [0.05, 0.1) is 0 Å². The van der Waals surface area contributed by atoms with E-state index >= 15 is 0 Å². The standard InChI is InChI=1S/C27H30N4O2/c1-18-4-8-21(9-5-18)22-12-23(26(32)30-16-20-7-6-19(2)29-15-20)14-24(13-22)27(33)31(3)25-10-11-28-17-25/h4-9,12-15,25,28H,10-11,16-17H2,1-3H3,(H,30,32)/t25-/m1/s1. The molecule has 0 bridgehead atoms. The van der Waals surface area contributed by atoms with Gasteiger partial charge in [-0.05, 0) is 67.8 Å². The molecule has 3 aromatic rings. The second kappa shape index (κ2) is 9.96. The maximum atomic E-state index is 13.3. The highest BCUT2D eigenvalue weighted by atomic mass is 16.2. The van der Waals surface area contributed by atoms with Crippen molar-refractivity contribution in [3.63, 3.8) is 0 Å². The fraction of sp³-hybridized carbons (Fsp3) is 0.296. The zero-order valence-electron chi connectivity index (χ0n) is 19.4. The molecule has 1 saturated heterocycles. The van der Waals surface area contributed by atoms with Crippen LogP contribution in [0.4, 0.5) is 0 Å². The van der Waals surface area contributed by atoms with Gasteiger partial charge in [-0.15, -0.1) is 0 Å². The van der Waals surface area contributed by atoms with Crippen LogP contribution in [0.25, 0.3) is 11.1 Å². The smallest absolute Gasteiger partial charge is 0.253 e. The summed E-state index contributed by atoms with van der Waals surface area (Å²) in [6.07, 6.45) is 2.69. The number of rotatable bonds is 6. The van der Waals surface area contributed by atoms with Crippen molar-refractivity contribution in [3.8, 4) is 11.1 Å². The first-order chi connectivity index (χ1) is 15.9. The molecule has 6 heteroatoms. The highest BCUT2D eigenvalue weighted by molar-refractivity contribution is 6.01. The molecule has 0 spiro atoms. The molecule has 1 aliphatic rings. The molecule has 33 heavy (non-hydrogen) atoms. The predicted octanol–water partition coefficient (Wildman–Crippen LogP) is 3.73. The SMILES string of the molecule is Cc1ccc(-c2cc(C(=O)NCc3ccc(C)nc3)cc(C(=O)N(C)[C@@H]3CCNC3)c2)cc1. The summed E-state index contributed by atoms with van der Waals surface area (Å²) >= 11 is 0. The number of benzene rings is 2. The molecule has 1 aromatic heterocycles. The number of nitrogens with zero attached hydrogens (tertiary/aromatic N) is 2. The van der Waals surface area contributed by atoms with E-state index in [9.17, 15) is 9.59 Å². The number of hydrogen-bond donors (Lipinski definition) is 2. The van der Waals surface area contributed by atoms with Gasteiger partial charge in [-0.25, -0.2) is 0 Å². The van der Waals surface area contributed by atoms with Gasteiger partial charge in [0.2, 0.25) is 0 Å². The second-order valence-electron chi connectivity index (χ2n) is 8.72. The first kappa shape index (κ1) is 22.7. The van der Waals surface area contributed by atoms with Crippen molar-refractivity contribution >= 4 is 11.8 Å². The molecule has 170 valence electrons. The zero-order chi connectivity index (χ0) is 23.4. The fourth-order valence-corrected chi connectivity index (χ4v) is 4.02. The minimum Gasteiger partial charge on any atom is -0.348 e. The average Bonchev–Trinajstić information content (AvgIpc) is 3.38. The van der Waals surface area contributed by atoms with Crippen LogP contribution in [0.1, 0.15) is 44.0 Å².